The largest absolute Gasteiger partial charge is 0.456 e. The number of rotatable bonds is 4. The third-order valence-electron chi connectivity index (χ3n) is 4.18. The lowest BCUT2D eigenvalue weighted by atomic mass is 10.1. The van der Waals surface area contributed by atoms with Crippen molar-refractivity contribution in [1.82, 2.24) is 4.98 Å². The number of ether oxygens (including phenoxy) is 1. The van der Waals surface area contributed by atoms with E-state index < -0.39 is 0 Å². The summed E-state index contributed by atoms with van der Waals surface area (Å²) in [5, 5.41) is 5.81. The van der Waals surface area contributed by atoms with Gasteiger partial charge in [-0.05, 0) is 66.6 Å². The maximum atomic E-state index is 12.7. The molecule has 1 N–H and O–H groups in total. The molecular formula is C22H18N2O2S. The van der Waals surface area contributed by atoms with Crippen LogP contribution in [0.4, 0.5) is 5.82 Å². The fraction of sp³-hybridized carbons (Fsp3) is 0.0909. The molecular weight excluding hydrogens is 356 g/mol. The predicted molar refractivity (Wildman–Crippen MR) is 110 cm³/mol. The van der Waals surface area contributed by atoms with Crippen molar-refractivity contribution in [2.45, 2.75) is 13.8 Å². The van der Waals surface area contributed by atoms with Gasteiger partial charge in [0.05, 0.1) is 4.70 Å². The van der Waals surface area contributed by atoms with Crippen LogP contribution in [-0.2, 0) is 0 Å². The Kier molecular flexibility index (Phi) is 4.60. The Labute approximate surface area is 161 Å². The molecule has 1 amide bonds. The topological polar surface area (TPSA) is 51.2 Å². The molecule has 0 bridgehead atoms. The molecule has 0 unspecified atom stereocenters. The normalized spacial score (nSPS) is 10.7. The molecule has 0 aliphatic heterocycles. The molecule has 27 heavy (non-hydrogen) atoms. The number of nitrogens with zero attached hydrogens (tertiary/aromatic N) is 1. The van der Waals surface area contributed by atoms with Gasteiger partial charge in [-0.25, -0.2) is 4.98 Å². The molecule has 4 rings (SSSR count). The van der Waals surface area contributed by atoms with E-state index in [-0.39, 0.29) is 5.91 Å². The van der Waals surface area contributed by atoms with E-state index in [1.807, 2.05) is 61.7 Å². The van der Waals surface area contributed by atoms with Crippen molar-refractivity contribution in [3.8, 4) is 11.5 Å². The highest BCUT2D eigenvalue weighted by Gasteiger charge is 2.13. The number of pyridine rings is 1. The summed E-state index contributed by atoms with van der Waals surface area (Å²) in [5.74, 6) is 1.73. The van der Waals surface area contributed by atoms with Gasteiger partial charge in [0, 0.05) is 11.8 Å². The zero-order chi connectivity index (χ0) is 18.8. The average Bonchev–Trinajstić information content (AvgIpc) is 3.14. The summed E-state index contributed by atoms with van der Waals surface area (Å²) >= 11 is 1.59. The predicted octanol–water partition coefficient (Wildman–Crippen LogP) is 5.96. The number of thiophene rings is 1. The van der Waals surface area contributed by atoms with E-state index in [4.69, 9.17) is 4.74 Å². The molecule has 0 aliphatic carbocycles. The first kappa shape index (κ1) is 17.2. The van der Waals surface area contributed by atoms with E-state index in [1.54, 1.807) is 29.7 Å². The molecule has 5 heteroatoms. The van der Waals surface area contributed by atoms with Crippen LogP contribution in [0.1, 0.15) is 21.5 Å². The highest BCUT2D eigenvalue weighted by molar-refractivity contribution is 7.17. The van der Waals surface area contributed by atoms with Crippen molar-refractivity contribution < 1.29 is 9.53 Å². The lowest BCUT2D eigenvalue weighted by Crippen LogP contribution is -2.13. The third kappa shape index (κ3) is 3.83. The zero-order valence-corrected chi connectivity index (χ0v) is 15.8. The molecule has 0 aliphatic rings. The summed E-state index contributed by atoms with van der Waals surface area (Å²) in [6, 6.07) is 17.2. The van der Waals surface area contributed by atoms with E-state index in [2.05, 4.69) is 10.3 Å². The summed E-state index contributed by atoms with van der Waals surface area (Å²) < 4.78 is 7.09. The van der Waals surface area contributed by atoms with E-state index in [0.717, 1.165) is 21.4 Å². The van der Waals surface area contributed by atoms with Crippen molar-refractivity contribution in [2.24, 2.45) is 0 Å². The van der Waals surface area contributed by atoms with Crippen LogP contribution in [0.2, 0.25) is 0 Å². The van der Waals surface area contributed by atoms with Crippen LogP contribution in [0, 0.1) is 13.8 Å². The molecule has 2 heterocycles. The zero-order valence-electron chi connectivity index (χ0n) is 15.0. The minimum Gasteiger partial charge on any atom is -0.456 e. The number of amides is 1. The van der Waals surface area contributed by atoms with Crippen LogP contribution in [0.15, 0.2) is 66.2 Å². The van der Waals surface area contributed by atoms with Gasteiger partial charge in [-0.2, -0.15) is 0 Å². The van der Waals surface area contributed by atoms with E-state index >= 15 is 0 Å². The second-order valence-electron chi connectivity index (χ2n) is 6.40. The quantitative estimate of drug-likeness (QED) is 0.480. The maximum absolute atomic E-state index is 12.7. The molecule has 0 saturated carbocycles. The molecule has 2 aromatic heterocycles. The molecule has 0 atom stereocenters. The molecule has 134 valence electrons. The van der Waals surface area contributed by atoms with Crippen molar-refractivity contribution in [2.75, 3.05) is 5.32 Å². The Bertz CT molecular complexity index is 1100. The van der Waals surface area contributed by atoms with Gasteiger partial charge >= 0.3 is 0 Å². The molecule has 0 radical (unpaired) electrons. The number of aryl methyl sites for hydroxylation is 2. The smallest absolute Gasteiger partial charge is 0.256 e. The second-order valence-corrected chi connectivity index (χ2v) is 7.32. The fourth-order valence-corrected chi connectivity index (χ4v) is 3.55. The average molecular weight is 374 g/mol. The van der Waals surface area contributed by atoms with E-state index in [0.29, 0.717) is 17.1 Å². The number of fused-ring (bicyclic) bond motifs is 1. The molecule has 0 saturated heterocycles. The molecule has 4 nitrogen and oxygen atoms in total. The number of aromatic nitrogens is 1. The number of nitrogens with one attached hydrogen (secondary N) is 1. The Hall–Kier alpha value is -3.18. The van der Waals surface area contributed by atoms with Gasteiger partial charge in [0.25, 0.3) is 5.91 Å². The molecule has 0 fully saturated rings. The monoisotopic (exact) mass is 374 g/mol. The van der Waals surface area contributed by atoms with Crippen molar-refractivity contribution >= 4 is 33.1 Å². The highest BCUT2D eigenvalue weighted by Crippen LogP contribution is 2.35. The second kappa shape index (κ2) is 7.21. The third-order valence-corrected chi connectivity index (χ3v) is 5.13. The number of carbonyl (C=O) groups is 1. The van der Waals surface area contributed by atoms with Crippen LogP contribution in [0.25, 0.3) is 10.1 Å². The number of anilines is 1. The van der Waals surface area contributed by atoms with E-state index in [9.17, 15) is 4.79 Å². The van der Waals surface area contributed by atoms with E-state index in [1.165, 1.54) is 5.56 Å². The number of benzene rings is 2. The minimum atomic E-state index is -0.215. The standard InChI is InChI=1S/C22H18N2O2S/c1-14-3-6-18(7-4-14)26-19-12-17(11-16-9-10-27-21(16)19)22(25)24-20-8-5-15(2)13-23-20/h3-13H,1-2H3,(H,23,24,25). The van der Waals surface area contributed by atoms with Crippen molar-refractivity contribution in [3.05, 3.63) is 82.9 Å². The Morgan fingerprint density at radius 3 is 2.52 bits per heavy atom. The summed E-state index contributed by atoms with van der Waals surface area (Å²) in [6.07, 6.45) is 1.73. The Balaban J connectivity index is 1.66. The SMILES string of the molecule is Cc1ccc(Oc2cc(C(=O)Nc3ccc(C)cn3)cc3ccsc23)cc1. The van der Waals surface area contributed by atoms with Crippen molar-refractivity contribution in [3.63, 3.8) is 0 Å². The van der Waals surface area contributed by atoms with Gasteiger partial charge < -0.3 is 10.1 Å². The first-order valence-corrected chi connectivity index (χ1v) is 9.46. The first-order valence-electron chi connectivity index (χ1n) is 8.58. The summed E-state index contributed by atoms with van der Waals surface area (Å²) in [4.78, 5) is 16.9. The summed E-state index contributed by atoms with van der Waals surface area (Å²) in [5.41, 5.74) is 2.74. The van der Waals surface area contributed by atoms with Gasteiger partial charge in [-0.15, -0.1) is 11.3 Å². The minimum absolute atomic E-state index is 0.215. The highest BCUT2D eigenvalue weighted by atomic mass is 32.1. The summed E-state index contributed by atoms with van der Waals surface area (Å²) in [7, 11) is 0. The number of hydrogen-bond donors (Lipinski definition) is 1. The molecule has 4 aromatic rings. The van der Waals surface area contributed by atoms with Crippen LogP contribution in [-0.4, -0.2) is 10.9 Å². The van der Waals surface area contributed by atoms with Crippen LogP contribution < -0.4 is 10.1 Å². The Morgan fingerprint density at radius 1 is 1.00 bits per heavy atom. The molecule has 0 spiro atoms. The van der Waals surface area contributed by atoms with Crippen LogP contribution >= 0.6 is 11.3 Å². The first-order chi connectivity index (χ1) is 13.1. The lowest BCUT2D eigenvalue weighted by molar-refractivity contribution is 0.102. The Morgan fingerprint density at radius 2 is 1.78 bits per heavy atom. The number of carbonyl (C=O) groups excluding carboxylic acids is 1. The van der Waals surface area contributed by atoms with Crippen LogP contribution in [0.5, 0.6) is 11.5 Å². The van der Waals surface area contributed by atoms with Gasteiger partial charge in [0.15, 0.2) is 0 Å². The molecule has 2 aromatic carbocycles. The summed E-state index contributed by atoms with van der Waals surface area (Å²) in [6.45, 7) is 3.99. The maximum Gasteiger partial charge on any atom is 0.256 e. The van der Waals surface area contributed by atoms with Gasteiger partial charge in [0.1, 0.15) is 17.3 Å². The number of hydrogen-bond acceptors (Lipinski definition) is 4. The van der Waals surface area contributed by atoms with Gasteiger partial charge in [-0.3, -0.25) is 4.79 Å². The van der Waals surface area contributed by atoms with Gasteiger partial charge in [-0.1, -0.05) is 23.8 Å². The fourth-order valence-electron chi connectivity index (χ4n) is 2.72. The van der Waals surface area contributed by atoms with Gasteiger partial charge in [0.2, 0.25) is 0 Å². The van der Waals surface area contributed by atoms with Crippen LogP contribution in [0.3, 0.4) is 0 Å². The lowest BCUT2D eigenvalue weighted by Gasteiger charge is -2.10. The van der Waals surface area contributed by atoms with Crippen molar-refractivity contribution in [1.29, 1.82) is 0 Å².